The number of benzene rings is 1. The molecule has 182 valence electrons. The average molecular weight is 513 g/mol. The number of anilines is 3. The number of amides is 1. The third-order valence-electron chi connectivity index (χ3n) is 6.99. The van der Waals surface area contributed by atoms with E-state index < -0.39 is 0 Å². The molecule has 0 atom stereocenters. The van der Waals surface area contributed by atoms with Gasteiger partial charge in [0, 0.05) is 18.0 Å². The van der Waals surface area contributed by atoms with Crippen LogP contribution in [-0.2, 0) is 4.79 Å². The molecule has 5 rings (SSSR count). The minimum atomic E-state index is -0.251. The molecule has 11 heteroatoms. The number of carbonyl (C=O) groups excluding carboxylic acids is 1. The minimum absolute atomic E-state index is 0.0586. The van der Waals surface area contributed by atoms with Gasteiger partial charge in [0.05, 0.1) is 33.6 Å². The molecule has 0 aliphatic heterocycles. The van der Waals surface area contributed by atoms with Crippen LogP contribution in [0.4, 0.5) is 17.6 Å². The maximum atomic E-state index is 11.7. The van der Waals surface area contributed by atoms with Gasteiger partial charge in [0.2, 0.25) is 17.8 Å². The van der Waals surface area contributed by atoms with Crippen LogP contribution in [-0.4, -0.2) is 31.5 Å². The highest BCUT2D eigenvalue weighted by atomic mass is 35.5. The van der Waals surface area contributed by atoms with Gasteiger partial charge in [-0.3, -0.25) is 9.36 Å². The standard InChI is InChI=1S/C24H26Cl2N8O/c25-17-9-13(11-27)10-18(26)20(17)32-24-31-19-12-29-23(30-15-3-1-2-4-15)33-22(19)34(24)16-7-5-14(6-8-16)21(28)35/h9-10,12,14-16H,1-8H2,(H2,28,35)(H,31,32)(H,29,30,33)/t14-,16-. The van der Waals surface area contributed by atoms with Crippen LogP contribution in [0.25, 0.3) is 11.2 Å². The number of aromatic nitrogens is 4. The third-order valence-corrected chi connectivity index (χ3v) is 7.59. The second kappa shape index (κ2) is 9.88. The number of hydrogen-bond donors (Lipinski definition) is 3. The van der Waals surface area contributed by atoms with E-state index in [1.165, 1.54) is 12.8 Å². The number of imidazole rings is 1. The van der Waals surface area contributed by atoms with Crippen LogP contribution in [0.15, 0.2) is 18.3 Å². The molecule has 3 aromatic rings. The van der Waals surface area contributed by atoms with Crippen LogP contribution < -0.4 is 16.4 Å². The zero-order valence-corrected chi connectivity index (χ0v) is 20.6. The molecule has 2 aromatic heterocycles. The predicted octanol–water partition coefficient (Wildman–Crippen LogP) is 5.32. The first-order chi connectivity index (χ1) is 16.9. The van der Waals surface area contributed by atoms with E-state index in [-0.39, 0.29) is 17.9 Å². The number of hydrogen-bond acceptors (Lipinski definition) is 7. The molecule has 1 amide bonds. The van der Waals surface area contributed by atoms with E-state index in [0.717, 1.165) is 25.7 Å². The fourth-order valence-electron chi connectivity index (χ4n) is 5.13. The van der Waals surface area contributed by atoms with Crippen molar-refractivity contribution in [2.24, 2.45) is 11.7 Å². The summed E-state index contributed by atoms with van der Waals surface area (Å²) in [7, 11) is 0. The molecule has 0 unspecified atom stereocenters. The largest absolute Gasteiger partial charge is 0.369 e. The summed E-state index contributed by atoms with van der Waals surface area (Å²) in [5.41, 5.74) is 7.74. The van der Waals surface area contributed by atoms with Crippen molar-refractivity contribution in [1.29, 1.82) is 5.26 Å². The highest BCUT2D eigenvalue weighted by Gasteiger charge is 2.29. The molecule has 2 aliphatic carbocycles. The Morgan fingerprint density at radius 3 is 2.40 bits per heavy atom. The Bertz CT molecular complexity index is 1280. The molecule has 2 aliphatic rings. The summed E-state index contributed by atoms with van der Waals surface area (Å²) in [6, 6.07) is 5.61. The van der Waals surface area contributed by atoms with Crippen LogP contribution in [0.2, 0.25) is 10.0 Å². The summed E-state index contributed by atoms with van der Waals surface area (Å²) in [6.45, 7) is 0. The number of primary amides is 1. The van der Waals surface area contributed by atoms with Gasteiger partial charge in [-0.15, -0.1) is 0 Å². The van der Waals surface area contributed by atoms with Gasteiger partial charge in [-0.2, -0.15) is 10.2 Å². The van der Waals surface area contributed by atoms with Crippen LogP contribution in [0.3, 0.4) is 0 Å². The number of fused-ring (bicyclic) bond motifs is 1. The first kappa shape index (κ1) is 23.6. The van der Waals surface area contributed by atoms with Crippen molar-refractivity contribution >= 4 is 57.9 Å². The number of halogens is 2. The molecule has 2 heterocycles. The molecule has 0 spiro atoms. The fraction of sp³-hybridized carbons (Fsp3) is 0.458. The van der Waals surface area contributed by atoms with Crippen molar-refractivity contribution < 1.29 is 4.79 Å². The summed E-state index contributed by atoms with van der Waals surface area (Å²) in [5, 5.41) is 16.6. The predicted molar refractivity (Wildman–Crippen MR) is 136 cm³/mol. The Labute approximate surface area is 213 Å². The van der Waals surface area contributed by atoms with E-state index in [4.69, 9.17) is 38.9 Å². The normalized spacial score (nSPS) is 20.6. The van der Waals surface area contributed by atoms with Gasteiger partial charge < -0.3 is 16.4 Å². The number of nitrogens with one attached hydrogen (secondary N) is 2. The smallest absolute Gasteiger partial charge is 0.224 e. The van der Waals surface area contributed by atoms with Gasteiger partial charge in [-0.1, -0.05) is 36.0 Å². The summed E-state index contributed by atoms with van der Waals surface area (Å²) < 4.78 is 2.05. The molecule has 35 heavy (non-hydrogen) atoms. The topological polar surface area (TPSA) is 135 Å². The second-order valence-electron chi connectivity index (χ2n) is 9.29. The Morgan fingerprint density at radius 1 is 1.09 bits per heavy atom. The van der Waals surface area contributed by atoms with E-state index >= 15 is 0 Å². The zero-order chi connectivity index (χ0) is 24.5. The Morgan fingerprint density at radius 2 is 1.77 bits per heavy atom. The van der Waals surface area contributed by atoms with Crippen molar-refractivity contribution in [3.63, 3.8) is 0 Å². The van der Waals surface area contributed by atoms with Crippen molar-refractivity contribution in [3.8, 4) is 6.07 Å². The van der Waals surface area contributed by atoms with Crippen molar-refractivity contribution in [2.45, 2.75) is 63.5 Å². The van der Waals surface area contributed by atoms with Gasteiger partial charge in [0.1, 0.15) is 5.52 Å². The molecule has 4 N–H and O–H groups in total. The minimum Gasteiger partial charge on any atom is -0.369 e. The summed E-state index contributed by atoms with van der Waals surface area (Å²) >= 11 is 12.9. The number of carbonyl (C=O) groups is 1. The second-order valence-corrected chi connectivity index (χ2v) is 10.1. The summed E-state index contributed by atoms with van der Waals surface area (Å²) in [6.07, 6.45) is 9.29. The maximum absolute atomic E-state index is 11.7. The van der Waals surface area contributed by atoms with Gasteiger partial charge in [-0.25, -0.2) is 9.97 Å². The Balaban J connectivity index is 1.54. The van der Waals surface area contributed by atoms with Gasteiger partial charge >= 0.3 is 0 Å². The number of nitriles is 1. The zero-order valence-electron chi connectivity index (χ0n) is 19.1. The SMILES string of the molecule is N#Cc1cc(Cl)c(Nc2nc3cnc(NC4CCCC4)nc3n2[C@H]2CC[C@H](C(N)=O)CC2)c(Cl)c1. The lowest BCUT2D eigenvalue weighted by atomic mass is 9.85. The van der Waals surface area contributed by atoms with Crippen LogP contribution in [0, 0.1) is 17.2 Å². The number of nitrogens with zero attached hydrogens (tertiary/aromatic N) is 5. The van der Waals surface area contributed by atoms with E-state index in [1.807, 2.05) is 0 Å². The van der Waals surface area contributed by atoms with E-state index in [1.54, 1.807) is 18.3 Å². The molecular weight excluding hydrogens is 487 g/mol. The monoisotopic (exact) mass is 512 g/mol. The van der Waals surface area contributed by atoms with E-state index in [9.17, 15) is 10.1 Å². The van der Waals surface area contributed by atoms with Crippen molar-refractivity contribution in [1.82, 2.24) is 19.5 Å². The number of nitrogens with two attached hydrogens (primary N) is 1. The average Bonchev–Trinajstić information content (AvgIpc) is 3.48. The number of rotatable bonds is 6. The fourth-order valence-corrected chi connectivity index (χ4v) is 5.72. The van der Waals surface area contributed by atoms with Gasteiger partial charge in [-0.05, 0) is 50.7 Å². The van der Waals surface area contributed by atoms with Gasteiger partial charge in [0.15, 0.2) is 5.65 Å². The molecule has 9 nitrogen and oxygen atoms in total. The van der Waals surface area contributed by atoms with E-state index in [2.05, 4.69) is 26.3 Å². The first-order valence-corrected chi connectivity index (χ1v) is 12.7. The van der Waals surface area contributed by atoms with Crippen LogP contribution in [0.1, 0.15) is 63.0 Å². The van der Waals surface area contributed by atoms with Crippen molar-refractivity contribution in [2.75, 3.05) is 10.6 Å². The molecular formula is C24H26Cl2N8O. The highest BCUT2D eigenvalue weighted by molar-refractivity contribution is 6.39. The highest BCUT2D eigenvalue weighted by Crippen LogP contribution is 2.39. The molecule has 0 saturated heterocycles. The molecule has 1 aromatic carbocycles. The quantitative estimate of drug-likeness (QED) is 0.406. The Kier molecular flexibility index (Phi) is 6.67. The lowest BCUT2D eigenvalue weighted by Crippen LogP contribution is -2.28. The third kappa shape index (κ3) is 4.86. The van der Waals surface area contributed by atoms with Crippen LogP contribution >= 0.6 is 23.2 Å². The van der Waals surface area contributed by atoms with Gasteiger partial charge in [0.25, 0.3) is 0 Å². The molecule has 0 radical (unpaired) electrons. The summed E-state index contributed by atoms with van der Waals surface area (Å²) in [5.74, 6) is 0.744. The van der Waals surface area contributed by atoms with Crippen LogP contribution in [0.5, 0.6) is 0 Å². The Hall–Kier alpha value is -3.09. The molecule has 2 fully saturated rings. The van der Waals surface area contributed by atoms with E-state index in [0.29, 0.717) is 63.2 Å². The molecule has 0 bridgehead atoms. The lowest BCUT2D eigenvalue weighted by Gasteiger charge is -2.29. The summed E-state index contributed by atoms with van der Waals surface area (Å²) in [4.78, 5) is 25.8. The first-order valence-electron chi connectivity index (χ1n) is 11.9. The van der Waals surface area contributed by atoms with Crippen molar-refractivity contribution in [3.05, 3.63) is 33.9 Å². The molecule has 2 saturated carbocycles. The lowest BCUT2D eigenvalue weighted by molar-refractivity contribution is -0.122. The maximum Gasteiger partial charge on any atom is 0.224 e.